The average Bonchev–Trinajstić information content (AvgIpc) is 3.57. The number of hydrogen-bond donors (Lipinski definition) is 2. The second kappa shape index (κ2) is 8.83. The first-order valence-corrected chi connectivity index (χ1v) is 12.8. The van der Waals surface area contributed by atoms with Crippen molar-refractivity contribution in [1.82, 2.24) is 5.32 Å². The Labute approximate surface area is 189 Å². The van der Waals surface area contributed by atoms with Crippen molar-refractivity contribution in [2.45, 2.75) is 62.2 Å². The fourth-order valence-corrected chi connectivity index (χ4v) is 5.71. The maximum Gasteiger partial charge on any atom is 0.261 e. The molecule has 0 saturated heterocycles. The number of rotatable bonds is 7. The van der Waals surface area contributed by atoms with Crippen molar-refractivity contribution in [3.05, 3.63) is 58.6 Å². The third kappa shape index (κ3) is 4.90. The molecule has 0 aromatic heterocycles. The molecule has 2 aliphatic rings. The van der Waals surface area contributed by atoms with Gasteiger partial charge >= 0.3 is 0 Å². The zero-order valence-corrected chi connectivity index (χ0v) is 19.4. The predicted molar refractivity (Wildman–Crippen MR) is 124 cm³/mol. The fraction of sp³-hybridized carbons (Fsp3) is 0.458. The molecule has 0 heterocycles. The summed E-state index contributed by atoms with van der Waals surface area (Å²) in [6, 6.07) is 11.8. The molecule has 2 fully saturated rings. The molecule has 7 heteroatoms. The highest BCUT2D eigenvalue weighted by atomic mass is 35.5. The Hall–Kier alpha value is -2.05. The number of amides is 1. The smallest absolute Gasteiger partial charge is 0.261 e. The quantitative estimate of drug-likeness (QED) is 0.597. The number of sulfonamides is 1. The van der Waals surface area contributed by atoms with Gasteiger partial charge in [-0.2, -0.15) is 0 Å². The van der Waals surface area contributed by atoms with Crippen LogP contribution in [0.5, 0.6) is 0 Å². The van der Waals surface area contributed by atoms with E-state index in [4.69, 9.17) is 11.6 Å². The minimum atomic E-state index is -3.74. The largest absolute Gasteiger partial charge is 0.355 e. The van der Waals surface area contributed by atoms with Gasteiger partial charge in [0.05, 0.1) is 10.3 Å². The van der Waals surface area contributed by atoms with E-state index in [-0.39, 0.29) is 10.8 Å². The van der Waals surface area contributed by atoms with Crippen LogP contribution >= 0.6 is 11.6 Å². The number of hydrogen-bond acceptors (Lipinski definition) is 3. The van der Waals surface area contributed by atoms with E-state index in [9.17, 15) is 13.2 Å². The van der Waals surface area contributed by atoms with E-state index in [2.05, 4.69) is 10.0 Å². The van der Waals surface area contributed by atoms with Crippen molar-refractivity contribution in [2.75, 3.05) is 11.3 Å². The van der Waals surface area contributed by atoms with Crippen LogP contribution in [0.2, 0.25) is 5.02 Å². The zero-order chi connectivity index (χ0) is 22.1. The Morgan fingerprint density at radius 2 is 1.74 bits per heavy atom. The van der Waals surface area contributed by atoms with Crippen molar-refractivity contribution in [3.8, 4) is 0 Å². The summed E-state index contributed by atoms with van der Waals surface area (Å²) in [6.45, 7) is 2.58. The van der Waals surface area contributed by atoms with Gasteiger partial charge in [-0.25, -0.2) is 8.42 Å². The van der Waals surface area contributed by atoms with Crippen LogP contribution in [0.15, 0.2) is 47.4 Å². The molecule has 31 heavy (non-hydrogen) atoms. The molecular formula is C24H29ClN2O3S. The highest BCUT2D eigenvalue weighted by molar-refractivity contribution is 7.92. The summed E-state index contributed by atoms with van der Waals surface area (Å²) >= 11 is 6.08. The molecule has 2 saturated carbocycles. The van der Waals surface area contributed by atoms with E-state index in [1.807, 2.05) is 19.1 Å². The Bertz CT molecular complexity index is 1060. The molecule has 2 N–H and O–H groups in total. The van der Waals surface area contributed by atoms with Gasteiger partial charge in [-0.3, -0.25) is 9.52 Å². The number of halogens is 1. The van der Waals surface area contributed by atoms with E-state index in [0.29, 0.717) is 16.6 Å². The lowest BCUT2D eigenvalue weighted by atomic mass is 9.88. The molecule has 0 unspecified atom stereocenters. The fourth-order valence-electron chi connectivity index (χ4n) is 4.38. The van der Waals surface area contributed by atoms with Gasteiger partial charge in [0, 0.05) is 17.3 Å². The van der Waals surface area contributed by atoms with Gasteiger partial charge in [-0.15, -0.1) is 0 Å². The molecular weight excluding hydrogens is 432 g/mol. The van der Waals surface area contributed by atoms with Gasteiger partial charge in [0.1, 0.15) is 0 Å². The number of aryl methyl sites for hydroxylation is 1. The third-order valence-electron chi connectivity index (χ3n) is 6.60. The van der Waals surface area contributed by atoms with Crippen LogP contribution in [-0.2, 0) is 20.2 Å². The minimum Gasteiger partial charge on any atom is -0.355 e. The Morgan fingerprint density at radius 3 is 2.35 bits per heavy atom. The standard InChI is InChI=1S/C24H29ClN2O3S/c1-17-7-12-21(15-22(17)25)31(29,30)27-20-10-8-19(9-11-20)24(13-14-24)23(28)26-16-18-5-3-2-4-6-18/h7-12,15,18,27H,2-6,13-14,16H2,1H3,(H,26,28). The SMILES string of the molecule is Cc1ccc(S(=O)(=O)Nc2ccc(C3(C(=O)NCC4CCCCC4)CC3)cc2)cc1Cl. The first-order valence-electron chi connectivity index (χ1n) is 11.0. The van der Waals surface area contributed by atoms with Gasteiger partial charge in [0.15, 0.2) is 0 Å². The maximum atomic E-state index is 12.9. The average molecular weight is 461 g/mol. The number of benzene rings is 2. The molecule has 2 aromatic rings. The van der Waals surface area contributed by atoms with E-state index in [0.717, 1.165) is 30.5 Å². The predicted octanol–water partition coefficient (Wildman–Crippen LogP) is 5.18. The van der Waals surface area contributed by atoms with Crippen molar-refractivity contribution < 1.29 is 13.2 Å². The van der Waals surface area contributed by atoms with Crippen LogP contribution in [0.4, 0.5) is 5.69 Å². The minimum absolute atomic E-state index is 0.0979. The van der Waals surface area contributed by atoms with Crippen molar-refractivity contribution in [1.29, 1.82) is 0 Å². The monoisotopic (exact) mass is 460 g/mol. The van der Waals surface area contributed by atoms with E-state index in [1.165, 1.54) is 44.2 Å². The highest BCUT2D eigenvalue weighted by Gasteiger charge is 2.51. The summed E-state index contributed by atoms with van der Waals surface area (Å²) in [5.41, 5.74) is 1.76. The van der Waals surface area contributed by atoms with Gasteiger partial charge in [-0.05, 0) is 73.9 Å². The summed E-state index contributed by atoms with van der Waals surface area (Å²) < 4.78 is 27.9. The highest BCUT2D eigenvalue weighted by Crippen LogP contribution is 2.48. The molecule has 2 aromatic carbocycles. The van der Waals surface area contributed by atoms with E-state index >= 15 is 0 Å². The van der Waals surface area contributed by atoms with Crippen molar-refractivity contribution in [2.24, 2.45) is 5.92 Å². The molecule has 0 spiro atoms. The van der Waals surface area contributed by atoms with Crippen molar-refractivity contribution >= 4 is 33.2 Å². The molecule has 0 atom stereocenters. The van der Waals surface area contributed by atoms with Crippen LogP contribution in [0.1, 0.15) is 56.1 Å². The van der Waals surface area contributed by atoms with Gasteiger partial charge in [0.25, 0.3) is 10.0 Å². The lowest BCUT2D eigenvalue weighted by Gasteiger charge is -2.23. The molecule has 5 nitrogen and oxygen atoms in total. The zero-order valence-electron chi connectivity index (χ0n) is 17.8. The van der Waals surface area contributed by atoms with Crippen LogP contribution in [0.25, 0.3) is 0 Å². The molecule has 0 radical (unpaired) electrons. The van der Waals surface area contributed by atoms with E-state index < -0.39 is 15.4 Å². The molecule has 0 bridgehead atoms. The molecule has 0 aliphatic heterocycles. The lowest BCUT2D eigenvalue weighted by molar-refractivity contribution is -0.123. The third-order valence-corrected chi connectivity index (χ3v) is 8.39. The van der Waals surface area contributed by atoms with Crippen LogP contribution in [0.3, 0.4) is 0 Å². The number of carbonyl (C=O) groups excluding carboxylic acids is 1. The lowest BCUT2D eigenvalue weighted by Crippen LogP contribution is -2.38. The molecule has 1 amide bonds. The molecule has 2 aliphatic carbocycles. The van der Waals surface area contributed by atoms with Crippen molar-refractivity contribution in [3.63, 3.8) is 0 Å². The summed E-state index contributed by atoms with van der Waals surface area (Å²) in [5, 5.41) is 3.59. The Morgan fingerprint density at radius 1 is 1.06 bits per heavy atom. The van der Waals surface area contributed by atoms with Gasteiger partial charge < -0.3 is 5.32 Å². The van der Waals surface area contributed by atoms with Crippen LogP contribution < -0.4 is 10.0 Å². The second-order valence-electron chi connectivity index (χ2n) is 8.89. The maximum absolute atomic E-state index is 12.9. The summed E-state index contributed by atoms with van der Waals surface area (Å²) in [7, 11) is -3.74. The van der Waals surface area contributed by atoms with Crippen LogP contribution in [0, 0.1) is 12.8 Å². The molecule has 4 rings (SSSR count). The molecule has 166 valence electrons. The first kappa shape index (κ1) is 22.2. The second-order valence-corrected chi connectivity index (χ2v) is 11.0. The Balaban J connectivity index is 1.41. The summed E-state index contributed by atoms with van der Waals surface area (Å²) in [5.74, 6) is 0.696. The van der Waals surface area contributed by atoms with Gasteiger partial charge in [0.2, 0.25) is 5.91 Å². The topological polar surface area (TPSA) is 75.3 Å². The summed E-state index contributed by atoms with van der Waals surface area (Å²) in [4.78, 5) is 13.0. The van der Waals surface area contributed by atoms with Crippen LogP contribution in [-0.4, -0.2) is 20.9 Å². The first-order chi connectivity index (χ1) is 14.8. The normalized spacial score (nSPS) is 18.4. The van der Waals surface area contributed by atoms with Gasteiger partial charge in [-0.1, -0.05) is 49.1 Å². The van der Waals surface area contributed by atoms with E-state index in [1.54, 1.807) is 18.2 Å². The number of carbonyl (C=O) groups is 1. The Kier molecular flexibility index (Phi) is 6.31. The summed E-state index contributed by atoms with van der Waals surface area (Å²) in [6.07, 6.45) is 7.90. The number of nitrogens with one attached hydrogen (secondary N) is 2. The number of anilines is 1.